The first-order valence-corrected chi connectivity index (χ1v) is 14.6. The van der Waals surface area contributed by atoms with E-state index in [1.54, 1.807) is 13.0 Å². The van der Waals surface area contributed by atoms with Crippen LogP contribution in [0.15, 0.2) is 24.3 Å². The molecule has 1 spiro atoms. The van der Waals surface area contributed by atoms with Crippen LogP contribution >= 0.6 is 0 Å². The minimum absolute atomic E-state index is 0.0520. The summed E-state index contributed by atoms with van der Waals surface area (Å²) in [6, 6.07) is 6.01. The molecule has 3 aliphatic rings. The molecule has 40 heavy (non-hydrogen) atoms. The van der Waals surface area contributed by atoms with Crippen molar-refractivity contribution in [2.75, 3.05) is 58.4 Å². The third-order valence-corrected chi connectivity index (χ3v) is 9.06. The Morgan fingerprint density at radius 2 is 1.75 bits per heavy atom. The van der Waals surface area contributed by atoms with Crippen molar-refractivity contribution in [2.24, 2.45) is 5.41 Å². The first-order valence-electron chi connectivity index (χ1n) is 12.9. The summed E-state index contributed by atoms with van der Waals surface area (Å²) in [6.07, 6.45) is -0.497. The number of aryl methyl sites for hydroxylation is 1. The Hall–Kier alpha value is -3.17. The standard InChI is InChI=1S/C25H31F3N6O5S/c1-16-12-20(31-22(29-16)34-14-24(37,15-34)25(26,27)28)30-21(36)18-3-2-17(32-40(38,39)11-10-35)13-19(18)33-8-6-23(4-5-23)7-9-33/h2-3,12-13,32,35,37H,4-11,14-15H2,1H3,(H,29,30,31,36). The normalized spacial score (nSPS) is 19.8. The van der Waals surface area contributed by atoms with E-state index in [9.17, 15) is 31.5 Å². The molecule has 2 saturated heterocycles. The minimum Gasteiger partial charge on any atom is -0.395 e. The number of aromatic nitrogens is 2. The first-order chi connectivity index (χ1) is 18.7. The van der Waals surface area contributed by atoms with Gasteiger partial charge in [-0.3, -0.25) is 9.52 Å². The molecule has 1 saturated carbocycles. The Kier molecular flexibility index (Phi) is 7.11. The summed E-state index contributed by atoms with van der Waals surface area (Å²) in [4.78, 5) is 25.0. The molecule has 3 fully saturated rings. The van der Waals surface area contributed by atoms with Crippen LogP contribution in [-0.4, -0.2) is 84.8 Å². The Labute approximate surface area is 229 Å². The average Bonchev–Trinajstić information content (AvgIpc) is 3.59. The lowest BCUT2D eigenvalue weighted by atomic mass is 9.93. The highest BCUT2D eigenvalue weighted by atomic mass is 32.2. The lowest BCUT2D eigenvalue weighted by molar-refractivity contribution is -0.267. The molecule has 2 aliphatic heterocycles. The van der Waals surface area contributed by atoms with Crippen LogP contribution in [-0.2, 0) is 10.0 Å². The maximum Gasteiger partial charge on any atom is 0.420 e. The van der Waals surface area contributed by atoms with E-state index in [0.29, 0.717) is 29.9 Å². The van der Waals surface area contributed by atoms with Crippen LogP contribution in [0.1, 0.15) is 41.7 Å². The zero-order valence-corrected chi connectivity index (χ0v) is 22.6. The Morgan fingerprint density at radius 3 is 2.35 bits per heavy atom. The fraction of sp³-hybridized carbons (Fsp3) is 0.560. The minimum atomic E-state index is -4.78. The van der Waals surface area contributed by atoms with Crippen LogP contribution in [0, 0.1) is 12.3 Å². The smallest absolute Gasteiger partial charge is 0.395 e. The fourth-order valence-electron chi connectivity index (χ4n) is 5.15. The Bertz CT molecular complexity index is 1400. The molecule has 0 atom stereocenters. The number of piperidine rings is 1. The number of nitrogens with one attached hydrogen (secondary N) is 2. The summed E-state index contributed by atoms with van der Waals surface area (Å²) in [5.41, 5.74) is -1.02. The third kappa shape index (κ3) is 5.81. The summed E-state index contributed by atoms with van der Waals surface area (Å²) in [7, 11) is -3.78. The van der Waals surface area contributed by atoms with Gasteiger partial charge in [0.2, 0.25) is 16.0 Å². The first kappa shape index (κ1) is 28.4. The second-order valence-corrected chi connectivity index (χ2v) is 12.7. The van der Waals surface area contributed by atoms with Gasteiger partial charge in [-0.05, 0) is 56.2 Å². The van der Waals surface area contributed by atoms with Gasteiger partial charge in [-0.2, -0.15) is 18.2 Å². The predicted molar refractivity (Wildman–Crippen MR) is 142 cm³/mol. The number of carbonyl (C=O) groups excluding carboxylic acids is 1. The number of hydrogen-bond acceptors (Lipinski definition) is 9. The third-order valence-electron chi connectivity index (χ3n) is 7.80. The molecule has 1 aromatic heterocycles. The van der Waals surface area contributed by atoms with Crippen LogP contribution in [0.4, 0.5) is 36.3 Å². The monoisotopic (exact) mass is 584 g/mol. The molecule has 0 radical (unpaired) electrons. The van der Waals surface area contributed by atoms with Crippen molar-refractivity contribution in [3.63, 3.8) is 0 Å². The van der Waals surface area contributed by atoms with Gasteiger partial charge in [0, 0.05) is 24.8 Å². The maximum atomic E-state index is 13.5. The number of hydrogen-bond donors (Lipinski definition) is 4. The van der Waals surface area contributed by atoms with Crippen molar-refractivity contribution in [3.05, 3.63) is 35.5 Å². The molecular weight excluding hydrogens is 553 g/mol. The van der Waals surface area contributed by atoms with E-state index in [-0.39, 0.29) is 23.0 Å². The van der Waals surface area contributed by atoms with Crippen molar-refractivity contribution < 1.29 is 36.6 Å². The number of benzene rings is 1. The highest BCUT2D eigenvalue weighted by molar-refractivity contribution is 7.92. The molecule has 1 aliphatic carbocycles. The molecule has 0 unspecified atom stereocenters. The lowest BCUT2D eigenvalue weighted by Crippen LogP contribution is -2.69. The Morgan fingerprint density at radius 1 is 1.07 bits per heavy atom. The molecule has 0 bridgehead atoms. The van der Waals surface area contributed by atoms with E-state index in [0.717, 1.165) is 12.8 Å². The number of rotatable bonds is 8. The molecule has 5 rings (SSSR count). The number of alkyl halides is 3. The summed E-state index contributed by atoms with van der Waals surface area (Å²) < 4.78 is 66.1. The summed E-state index contributed by atoms with van der Waals surface area (Å²) in [6.45, 7) is 1.02. The van der Waals surface area contributed by atoms with Crippen molar-refractivity contribution in [3.8, 4) is 0 Å². The van der Waals surface area contributed by atoms with Crippen molar-refractivity contribution in [2.45, 2.75) is 44.4 Å². The van der Waals surface area contributed by atoms with Gasteiger partial charge in [0.15, 0.2) is 5.60 Å². The van der Waals surface area contributed by atoms with Gasteiger partial charge in [0.25, 0.3) is 5.91 Å². The van der Waals surface area contributed by atoms with E-state index in [1.807, 2.05) is 4.90 Å². The van der Waals surface area contributed by atoms with Crippen LogP contribution in [0.25, 0.3) is 0 Å². The zero-order valence-electron chi connectivity index (χ0n) is 21.8. The van der Waals surface area contributed by atoms with Gasteiger partial charge >= 0.3 is 6.18 Å². The van der Waals surface area contributed by atoms with Gasteiger partial charge in [-0.25, -0.2) is 13.4 Å². The molecule has 1 amide bonds. The summed E-state index contributed by atoms with van der Waals surface area (Å²) in [5.74, 6) is -0.983. The molecule has 3 heterocycles. The van der Waals surface area contributed by atoms with E-state index >= 15 is 0 Å². The van der Waals surface area contributed by atoms with Gasteiger partial charge in [0.05, 0.1) is 42.4 Å². The SMILES string of the molecule is Cc1cc(NC(=O)c2ccc(NS(=O)(=O)CCO)cc2N2CCC3(CC2)CC3)nc(N2CC(O)(C(F)(F)F)C2)n1. The van der Waals surface area contributed by atoms with Crippen LogP contribution in [0.5, 0.6) is 0 Å². The number of anilines is 4. The van der Waals surface area contributed by atoms with Crippen LogP contribution < -0.4 is 19.8 Å². The van der Waals surface area contributed by atoms with E-state index in [4.69, 9.17) is 5.11 Å². The van der Waals surface area contributed by atoms with Crippen LogP contribution in [0.2, 0.25) is 0 Å². The number of amides is 1. The summed E-state index contributed by atoms with van der Waals surface area (Å²) >= 11 is 0. The number of aliphatic hydroxyl groups excluding tert-OH is 1. The largest absolute Gasteiger partial charge is 0.420 e. The second kappa shape index (κ2) is 10.0. The van der Waals surface area contributed by atoms with E-state index in [1.165, 1.54) is 35.9 Å². The van der Waals surface area contributed by atoms with Gasteiger partial charge in [-0.15, -0.1) is 0 Å². The van der Waals surface area contributed by atoms with E-state index < -0.39 is 53.2 Å². The quantitative estimate of drug-likeness (QED) is 0.367. The number of carbonyl (C=O) groups is 1. The van der Waals surface area contributed by atoms with Gasteiger partial charge in [0.1, 0.15) is 5.82 Å². The number of aliphatic hydroxyl groups is 2. The van der Waals surface area contributed by atoms with Crippen LogP contribution in [0.3, 0.4) is 0 Å². The second-order valence-electron chi connectivity index (χ2n) is 10.9. The molecule has 2 aromatic rings. The molecule has 1 aromatic carbocycles. The van der Waals surface area contributed by atoms with Crippen molar-refractivity contribution >= 4 is 39.1 Å². The zero-order chi connectivity index (χ0) is 28.9. The molecule has 15 heteroatoms. The molecule has 11 nitrogen and oxygen atoms in total. The maximum absolute atomic E-state index is 13.5. The number of nitrogens with zero attached hydrogens (tertiary/aromatic N) is 4. The number of sulfonamides is 1. The average molecular weight is 585 g/mol. The molecular formula is C25H31F3N6O5S. The molecule has 4 N–H and O–H groups in total. The molecule has 218 valence electrons. The highest BCUT2D eigenvalue weighted by Crippen LogP contribution is 2.54. The lowest BCUT2D eigenvalue weighted by Gasteiger charge is -2.46. The van der Waals surface area contributed by atoms with Gasteiger partial charge in [-0.1, -0.05) is 0 Å². The van der Waals surface area contributed by atoms with Crippen molar-refractivity contribution in [1.29, 1.82) is 0 Å². The number of halogens is 3. The van der Waals surface area contributed by atoms with Crippen molar-refractivity contribution in [1.82, 2.24) is 9.97 Å². The highest BCUT2D eigenvalue weighted by Gasteiger charge is 2.61. The number of β-amino-alcohol motifs (C(OH)–C–C–N with tert-alkyl or cyclic N) is 1. The fourth-order valence-corrected chi connectivity index (χ4v) is 5.97. The van der Waals surface area contributed by atoms with Gasteiger partial charge < -0.3 is 25.3 Å². The Balaban J connectivity index is 1.38. The summed E-state index contributed by atoms with van der Waals surface area (Å²) in [5, 5.41) is 21.5. The van der Waals surface area contributed by atoms with E-state index in [2.05, 4.69) is 20.0 Å². The predicted octanol–water partition coefficient (Wildman–Crippen LogP) is 2.27. The topological polar surface area (TPSA) is 148 Å².